The van der Waals surface area contributed by atoms with Gasteiger partial charge in [0.15, 0.2) is 0 Å². The molecule has 0 unspecified atom stereocenters. The second kappa shape index (κ2) is 15.1. The molecule has 42 heavy (non-hydrogen) atoms. The highest BCUT2D eigenvalue weighted by Gasteiger charge is 2.31. The molecule has 4 rings (SSSR count). The van der Waals surface area contributed by atoms with Crippen molar-refractivity contribution >= 4 is 34.2 Å². The van der Waals surface area contributed by atoms with Crippen molar-refractivity contribution in [1.29, 1.82) is 0 Å². The van der Waals surface area contributed by atoms with E-state index in [4.69, 9.17) is 19.2 Å². The maximum atomic E-state index is 13.2. The van der Waals surface area contributed by atoms with Gasteiger partial charge in [0.1, 0.15) is 11.6 Å². The second-order valence-electron chi connectivity index (χ2n) is 10.8. The van der Waals surface area contributed by atoms with Crippen LogP contribution in [-0.2, 0) is 33.7 Å². The first-order valence-electron chi connectivity index (χ1n) is 14.5. The summed E-state index contributed by atoms with van der Waals surface area (Å²) in [5.74, 6) is -0.409. The van der Waals surface area contributed by atoms with Gasteiger partial charge in [0, 0.05) is 46.4 Å². The SMILES string of the molecule is CCOCCOCc1nc(C)c(CC(=O)O)c(N2CCC(C)(I)CC2)c1-c1ccc(OCCc2ccc(F)cc2)cc1. The maximum Gasteiger partial charge on any atom is 0.307 e. The molecular formula is C33H40FIN2O5. The van der Waals surface area contributed by atoms with Gasteiger partial charge in [0.2, 0.25) is 0 Å². The number of hydrogen-bond acceptors (Lipinski definition) is 6. The summed E-state index contributed by atoms with van der Waals surface area (Å²) in [7, 11) is 0. The van der Waals surface area contributed by atoms with E-state index < -0.39 is 5.97 Å². The zero-order valence-electron chi connectivity index (χ0n) is 24.6. The lowest BCUT2D eigenvalue weighted by Gasteiger charge is -2.39. The van der Waals surface area contributed by atoms with Crippen molar-refractivity contribution in [2.24, 2.45) is 0 Å². The van der Waals surface area contributed by atoms with Gasteiger partial charge in [0.05, 0.1) is 44.2 Å². The Bertz CT molecular complexity index is 1320. The topological polar surface area (TPSA) is 81.1 Å². The van der Waals surface area contributed by atoms with Crippen molar-refractivity contribution in [3.8, 4) is 16.9 Å². The van der Waals surface area contributed by atoms with Crippen LogP contribution < -0.4 is 9.64 Å². The third kappa shape index (κ3) is 8.87. The summed E-state index contributed by atoms with van der Waals surface area (Å²) in [5, 5.41) is 9.85. The molecular weight excluding hydrogens is 650 g/mol. The van der Waals surface area contributed by atoms with Gasteiger partial charge in [-0.2, -0.15) is 0 Å². The summed E-state index contributed by atoms with van der Waals surface area (Å²) < 4.78 is 30.8. The van der Waals surface area contributed by atoms with E-state index >= 15 is 0 Å². The van der Waals surface area contributed by atoms with Crippen molar-refractivity contribution < 1.29 is 28.5 Å². The summed E-state index contributed by atoms with van der Waals surface area (Å²) in [6.07, 6.45) is 2.57. The van der Waals surface area contributed by atoms with Crippen LogP contribution in [0.25, 0.3) is 11.1 Å². The van der Waals surface area contributed by atoms with Gasteiger partial charge < -0.3 is 24.2 Å². The normalized spacial score (nSPS) is 14.6. The van der Waals surface area contributed by atoms with Gasteiger partial charge in [0.25, 0.3) is 0 Å². The molecule has 0 bridgehead atoms. The van der Waals surface area contributed by atoms with Crippen LogP contribution in [0.5, 0.6) is 5.75 Å². The van der Waals surface area contributed by atoms with E-state index in [0.29, 0.717) is 38.5 Å². The number of aryl methyl sites for hydroxylation is 1. The number of piperidine rings is 1. The van der Waals surface area contributed by atoms with Crippen LogP contribution in [0.2, 0.25) is 0 Å². The summed E-state index contributed by atoms with van der Waals surface area (Å²) in [6.45, 7) is 10.1. The van der Waals surface area contributed by atoms with Crippen LogP contribution in [0.4, 0.5) is 10.1 Å². The summed E-state index contributed by atoms with van der Waals surface area (Å²) in [4.78, 5) is 19.2. The van der Waals surface area contributed by atoms with E-state index in [1.807, 2.05) is 38.1 Å². The average Bonchev–Trinajstić information content (AvgIpc) is 2.95. The predicted octanol–water partition coefficient (Wildman–Crippen LogP) is 6.79. The Kier molecular flexibility index (Phi) is 11.6. The number of carboxylic acid groups (broad SMARTS) is 1. The molecule has 1 aliphatic rings. The molecule has 1 fully saturated rings. The molecule has 1 aromatic heterocycles. The average molecular weight is 691 g/mol. The van der Waals surface area contributed by atoms with Gasteiger partial charge in [-0.15, -0.1) is 0 Å². The predicted molar refractivity (Wildman–Crippen MR) is 171 cm³/mol. The molecule has 0 amide bonds. The van der Waals surface area contributed by atoms with Crippen LogP contribution in [0.3, 0.4) is 0 Å². The minimum atomic E-state index is -0.881. The zero-order valence-corrected chi connectivity index (χ0v) is 26.8. The molecule has 0 spiro atoms. The molecule has 1 saturated heterocycles. The van der Waals surface area contributed by atoms with Gasteiger partial charge in [-0.05, 0) is 62.1 Å². The largest absolute Gasteiger partial charge is 0.493 e. The quantitative estimate of drug-likeness (QED) is 0.113. The highest BCUT2D eigenvalue weighted by Crippen LogP contribution is 2.42. The fraction of sp³-hybridized carbons (Fsp3) is 0.455. The number of pyridine rings is 1. The Labute approximate surface area is 261 Å². The Morgan fingerprint density at radius 3 is 2.36 bits per heavy atom. The minimum absolute atomic E-state index is 0.102. The Hall–Kier alpha value is -2.76. The standard InChI is InChI=1S/C33H40FIN2O5/c1-4-40-19-20-41-22-29-31(25-7-11-27(12-8-25)42-18-13-24-5-9-26(34)10-6-24)32(28(21-30(38)39)23(2)36-29)37-16-14-33(3,35)15-17-37/h5-12H,4,13-22H2,1-3H3,(H,38,39). The molecule has 7 nitrogen and oxygen atoms in total. The number of aromatic nitrogens is 1. The summed E-state index contributed by atoms with van der Waals surface area (Å²) >= 11 is 2.54. The third-order valence-electron chi connectivity index (χ3n) is 7.53. The number of ether oxygens (including phenoxy) is 3. The zero-order chi connectivity index (χ0) is 30.1. The molecule has 9 heteroatoms. The first-order chi connectivity index (χ1) is 20.2. The van der Waals surface area contributed by atoms with E-state index in [-0.39, 0.29) is 22.3 Å². The van der Waals surface area contributed by atoms with Gasteiger partial charge in [-0.3, -0.25) is 9.78 Å². The summed E-state index contributed by atoms with van der Waals surface area (Å²) in [5.41, 5.74) is 6.01. The molecule has 0 radical (unpaired) electrons. The number of anilines is 1. The van der Waals surface area contributed by atoms with E-state index in [9.17, 15) is 14.3 Å². The molecule has 226 valence electrons. The number of alkyl halides is 1. The fourth-order valence-electron chi connectivity index (χ4n) is 5.19. The summed E-state index contributed by atoms with van der Waals surface area (Å²) in [6, 6.07) is 14.3. The third-order valence-corrected chi connectivity index (χ3v) is 8.61. The van der Waals surface area contributed by atoms with Crippen molar-refractivity contribution in [2.75, 3.05) is 44.4 Å². The first kappa shape index (κ1) is 32.2. The molecule has 0 atom stereocenters. The van der Waals surface area contributed by atoms with Crippen LogP contribution in [0, 0.1) is 12.7 Å². The highest BCUT2D eigenvalue weighted by atomic mass is 127. The fourth-order valence-corrected chi connectivity index (χ4v) is 5.67. The minimum Gasteiger partial charge on any atom is -0.493 e. The van der Waals surface area contributed by atoms with Gasteiger partial charge in [-0.25, -0.2) is 4.39 Å². The molecule has 2 heterocycles. The number of halogens is 2. The van der Waals surface area contributed by atoms with Crippen molar-refractivity contribution in [3.05, 3.63) is 76.9 Å². The molecule has 1 N–H and O–H groups in total. The second-order valence-corrected chi connectivity index (χ2v) is 13.4. The number of nitrogens with zero attached hydrogens (tertiary/aromatic N) is 2. The van der Waals surface area contributed by atoms with E-state index in [0.717, 1.165) is 65.3 Å². The van der Waals surface area contributed by atoms with E-state index in [1.54, 1.807) is 12.1 Å². The Morgan fingerprint density at radius 1 is 1.05 bits per heavy atom. The smallest absolute Gasteiger partial charge is 0.307 e. The lowest BCUT2D eigenvalue weighted by molar-refractivity contribution is -0.136. The number of rotatable bonds is 14. The molecule has 3 aromatic rings. The maximum absolute atomic E-state index is 13.2. The Morgan fingerprint density at radius 2 is 1.71 bits per heavy atom. The van der Waals surface area contributed by atoms with E-state index in [1.165, 1.54) is 12.1 Å². The molecule has 2 aromatic carbocycles. The van der Waals surface area contributed by atoms with Crippen LogP contribution in [-0.4, -0.2) is 59.0 Å². The molecule has 1 aliphatic heterocycles. The number of benzene rings is 2. The Balaban J connectivity index is 1.66. The highest BCUT2D eigenvalue weighted by molar-refractivity contribution is 14.1. The number of hydrogen-bond donors (Lipinski definition) is 1. The number of carbonyl (C=O) groups is 1. The lowest BCUT2D eigenvalue weighted by Crippen LogP contribution is -2.40. The van der Waals surface area contributed by atoms with Crippen molar-refractivity contribution in [2.45, 2.75) is 56.5 Å². The molecule has 0 aliphatic carbocycles. The van der Waals surface area contributed by atoms with Gasteiger partial charge in [-0.1, -0.05) is 53.8 Å². The van der Waals surface area contributed by atoms with Crippen molar-refractivity contribution in [3.63, 3.8) is 0 Å². The molecule has 0 saturated carbocycles. The first-order valence-corrected chi connectivity index (χ1v) is 15.6. The van der Waals surface area contributed by atoms with Crippen LogP contribution in [0.15, 0.2) is 48.5 Å². The van der Waals surface area contributed by atoms with Crippen molar-refractivity contribution in [1.82, 2.24) is 4.98 Å². The van der Waals surface area contributed by atoms with Crippen LogP contribution >= 0.6 is 22.6 Å². The van der Waals surface area contributed by atoms with E-state index in [2.05, 4.69) is 34.4 Å². The van der Waals surface area contributed by atoms with Crippen LogP contribution in [0.1, 0.15) is 49.2 Å². The number of aliphatic carboxylic acids is 1. The lowest BCUT2D eigenvalue weighted by atomic mass is 9.92. The monoisotopic (exact) mass is 690 g/mol. The number of carboxylic acids is 1. The van der Waals surface area contributed by atoms with Gasteiger partial charge >= 0.3 is 5.97 Å².